The number of hydrogen-bond donors (Lipinski definition) is 0. The number of methoxy groups -OCH3 is 1. The lowest BCUT2D eigenvalue weighted by Gasteiger charge is -2.14. The van der Waals surface area contributed by atoms with Crippen molar-refractivity contribution in [2.45, 2.75) is 6.61 Å². The van der Waals surface area contributed by atoms with E-state index < -0.39 is 10.7 Å². The molecule has 156 valence electrons. The Morgan fingerprint density at radius 2 is 1.94 bits per heavy atom. The minimum atomic E-state index is -0.482. The van der Waals surface area contributed by atoms with Gasteiger partial charge in [0.15, 0.2) is 11.5 Å². The number of nitrogens with zero attached hydrogens (tertiary/aromatic N) is 2. The Bertz CT molecular complexity index is 1190. The molecule has 0 heterocycles. The molecule has 0 saturated heterocycles. The van der Waals surface area contributed by atoms with Gasteiger partial charge in [-0.1, -0.05) is 18.2 Å². The molecular weight excluding hydrogens is 467 g/mol. The Balaban J connectivity index is 1.87. The number of rotatable bonds is 7. The quantitative estimate of drug-likeness (QED) is 0.174. The third kappa shape index (κ3) is 5.27. The molecule has 31 heavy (non-hydrogen) atoms. The standard InChI is InChI=1S/C23H16BrFN2O4/c1-30-22-12-16(10-17(13-26)19-4-2-3-5-21(19)25)11-20(24)23(22)31-14-15-6-8-18(9-7-15)27(28)29/h2-12H,14H2,1H3. The Morgan fingerprint density at radius 1 is 1.23 bits per heavy atom. The molecule has 0 aliphatic rings. The summed E-state index contributed by atoms with van der Waals surface area (Å²) in [6.45, 7) is 0.167. The van der Waals surface area contributed by atoms with Crippen molar-refractivity contribution in [3.05, 3.63) is 97.8 Å². The maximum atomic E-state index is 14.1. The van der Waals surface area contributed by atoms with Gasteiger partial charge in [-0.25, -0.2) is 4.39 Å². The zero-order valence-corrected chi connectivity index (χ0v) is 17.9. The molecule has 0 unspecified atom stereocenters. The van der Waals surface area contributed by atoms with Crippen molar-refractivity contribution in [1.82, 2.24) is 0 Å². The second kappa shape index (κ2) is 9.87. The molecule has 6 nitrogen and oxygen atoms in total. The highest BCUT2D eigenvalue weighted by Crippen LogP contribution is 2.38. The molecule has 0 spiro atoms. The summed E-state index contributed by atoms with van der Waals surface area (Å²) in [4.78, 5) is 10.3. The SMILES string of the molecule is COc1cc(C=C(C#N)c2ccccc2F)cc(Br)c1OCc1ccc([N+](=O)[O-])cc1. The van der Waals surface area contributed by atoms with Crippen LogP contribution >= 0.6 is 15.9 Å². The Hall–Kier alpha value is -3.70. The monoisotopic (exact) mass is 482 g/mol. The number of nitro benzene ring substituents is 1. The average Bonchev–Trinajstić information content (AvgIpc) is 2.77. The number of halogens is 2. The lowest BCUT2D eigenvalue weighted by atomic mass is 10.0. The molecule has 0 radical (unpaired) electrons. The smallest absolute Gasteiger partial charge is 0.269 e. The molecule has 0 aromatic heterocycles. The van der Waals surface area contributed by atoms with Crippen LogP contribution in [0.2, 0.25) is 0 Å². The number of ether oxygens (including phenoxy) is 2. The zero-order valence-electron chi connectivity index (χ0n) is 16.3. The van der Waals surface area contributed by atoms with Gasteiger partial charge in [0, 0.05) is 17.7 Å². The topological polar surface area (TPSA) is 85.4 Å². The first-order chi connectivity index (χ1) is 14.9. The second-order valence-electron chi connectivity index (χ2n) is 6.40. The molecule has 0 amide bonds. The third-order valence-corrected chi connectivity index (χ3v) is 4.97. The van der Waals surface area contributed by atoms with Gasteiger partial charge in [0.25, 0.3) is 5.69 Å². The summed E-state index contributed by atoms with van der Waals surface area (Å²) < 4.78 is 25.9. The maximum Gasteiger partial charge on any atom is 0.269 e. The van der Waals surface area contributed by atoms with Crippen molar-refractivity contribution in [1.29, 1.82) is 5.26 Å². The van der Waals surface area contributed by atoms with Gasteiger partial charge in [0.1, 0.15) is 12.4 Å². The van der Waals surface area contributed by atoms with Gasteiger partial charge in [0.2, 0.25) is 0 Å². The van der Waals surface area contributed by atoms with Gasteiger partial charge in [-0.3, -0.25) is 10.1 Å². The summed E-state index contributed by atoms with van der Waals surface area (Å²) in [5.74, 6) is 0.361. The van der Waals surface area contributed by atoms with E-state index in [0.29, 0.717) is 21.5 Å². The minimum Gasteiger partial charge on any atom is -0.493 e. The first kappa shape index (κ1) is 22.0. The van der Waals surface area contributed by atoms with E-state index in [0.717, 1.165) is 5.56 Å². The molecule has 0 atom stereocenters. The fraction of sp³-hybridized carbons (Fsp3) is 0.0870. The zero-order chi connectivity index (χ0) is 22.4. The van der Waals surface area contributed by atoms with E-state index in [1.54, 1.807) is 48.5 Å². The second-order valence-corrected chi connectivity index (χ2v) is 7.25. The molecule has 8 heteroatoms. The first-order valence-corrected chi connectivity index (χ1v) is 9.82. The fourth-order valence-electron chi connectivity index (χ4n) is 2.85. The van der Waals surface area contributed by atoms with Crippen LogP contribution in [0.1, 0.15) is 16.7 Å². The van der Waals surface area contributed by atoms with E-state index >= 15 is 0 Å². The van der Waals surface area contributed by atoms with Crippen LogP contribution < -0.4 is 9.47 Å². The number of hydrogen-bond acceptors (Lipinski definition) is 5. The van der Waals surface area contributed by atoms with Crippen molar-refractivity contribution >= 4 is 33.3 Å². The van der Waals surface area contributed by atoms with Crippen LogP contribution in [0.25, 0.3) is 11.6 Å². The van der Waals surface area contributed by atoms with Crippen molar-refractivity contribution in [2.75, 3.05) is 7.11 Å². The van der Waals surface area contributed by atoms with E-state index in [4.69, 9.17) is 9.47 Å². The van der Waals surface area contributed by atoms with Crippen LogP contribution in [0, 0.1) is 27.3 Å². The molecule has 0 fully saturated rings. The molecule has 0 bridgehead atoms. The Kier molecular flexibility index (Phi) is 7.00. The highest BCUT2D eigenvalue weighted by Gasteiger charge is 2.14. The molecule has 3 rings (SSSR count). The highest BCUT2D eigenvalue weighted by atomic mass is 79.9. The number of nitriles is 1. The van der Waals surface area contributed by atoms with Crippen LogP contribution in [0.4, 0.5) is 10.1 Å². The highest BCUT2D eigenvalue weighted by molar-refractivity contribution is 9.10. The summed E-state index contributed by atoms with van der Waals surface area (Å²) in [6, 6.07) is 17.5. The van der Waals surface area contributed by atoms with Crippen LogP contribution in [-0.2, 0) is 6.61 Å². The molecule has 0 aliphatic carbocycles. The lowest BCUT2D eigenvalue weighted by molar-refractivity contribution is -0.384. The summed E-state index contributed by atoms with van der Waals surface area (Å²) in [7, 11) is 1.48. The van der Waals surface area contributed by atoms with E-state index in [2.05, 4.69) is 15.9 Å². The molecular formula is C23H16BrFN2O4. The van der Waals surface area contributed by atoms with E-state index in [-0.39, 0.29) is 23.4 Å². The molecule has 0 saturated carbocycles. The molecule has 3 aromatic rings. The van der Waals surface area contributed by atoms with Gasteiger partial charge in [-0.15, -0.1) is 0 Å². The van der Waals surface area contributed by atoms with E-state index in [1.165, 1.54) is 25.3 Å². The van der Waals surface area contributed by atoms with Crippen LogP contribution in [-0.4, -0.2) is 12.0 Å². The Morgan fingerprint density at radius 3 is 2.55 bits per heavy atom. The summed E-state index contributed by atoms with van der Waals surface area (Å²) in [6.07, 6.45) is 1.56. The number of non-ortho nitro benzene ring substituents is 1. The van der Waals surface area contributed by atoms with Crippen LogP contribution in [0.5, 0.6) is 11.5 Å². The van der Waals surface area contributed by atoms with Crippen LogP contribution in [0.3, 0.4) is 0 Å². The minimum absolute atomic E-state index is 0.00167. The predicted molar refractivity (Wildman–Crippen MR) is 118 cm³/mol. The van der Waals surface area contributed by atoms with Crippen molar-refractivity contribution in [3.63, 3.8) is 0 Å². The Labute approximate surface area is 186 Å². The first-order valence-electron chi connectivity index (χ1n) is 9.03. The predicted octanol–water partition coefficient (Wildman–Crippen LogP) is 6.15. The lowest BCUT2D eigenvalue weighted by Crippen LogP contribution is -1.99. The normalized spacial score (nSPS) is 11.0. The molecule has 0 N–H and O–H groups in total. The van der Waals surface area contributed by atoms with E-state index in [1.807, 2.05) is 6.07 Å². The van der Waals surface area contributed by atoms with Crippen molar-refractivity contribution < 1.29 is 18.8 Å². The number of nitro groups is 1. The van der Waals surface area contributed by atoms with E-state index in [9.17, 15) is 19.8 Å². The van der Waals surface area contributed by atoms with Gasteiger partial charge in [-0.05, 0) is 63.5 Å². The maximum absolute atomic E-state index is 14.1. The number of benzene rings is 3. The summed E-state index contributed by atoms with van der Waals surface area (Å²) in [5, 5.41) is 20.2. The van der Waals surface area contributed by atoms with Gasteiger partial charge in [0.05, 0.1) is 28.1 Å². The summed E-state index contributed by atoms with van der Waals surface area (Å²) >= 11 is 3.45. The third-order valence-electron chi connectivity index (χ3n) is 4.38. The van der Waals surface area contributed by atoms with Gasteiger partial charge < -0.3 is 9.47 Å². The van der Waals surface area contributed by atoms with Gasteiger partial charge >= 0.3 is 0 Å². The van der Waals surface area contributed by atoms with Crippen LogP contribution in [0.15, 0.2) is 65.1 Å². The van der Waals surface area contributed by atoms with Crippen molar-refractivity contribution in [2.24, 2.45) is 0 Å². The number of allylic oxidation sites excluding steroid dienone is 1. The average molecular weight is 483 g/mol. The van der Waals surface area contributed by atoms with Gasteiger partial charge in [-0.2, -0.15) is 5.26 Å². The largest absolute Gasteiger partial charge is 0.493 e. The summed E-state index contributed by atoms with van der Waals surface area (Å²) in [5.41, 5.74) is 1.74. The fourth-order valence-corrected chi connectivity index (χ4v) is 3.42. The molecule has 3 aromatic carbocycles. The van der Waals surface area contributed by atoms with Crippen molar-refractivity contribution in [3.8, 4) is 17.6 Å². The molecule has 0 aliphatic heterocycles.